The van der Waals surface area contributed by atoms with E-state index in [0.717, 1.165) is 37.6 Å². The molecule has 0 spiro atoms. The molecule has 152 valence electrons. The lowest BCUT2D eigenvalue weighted by atomic mass is 10.0. The van der Waals surface area contributed by atoms with Gasteiger partial charge in [0.1, 0.15) is 5.75 Å². The Labute approximate surface area is 169 Å². The monoisotopic (exact) mass is 395 g/mol. The molecule has 0 amide bonds. The topological polar surface area (TPSA) is 67.9 Å². The number of piperazine rings is 1. The van der Waals surface area contributed by atoms with Gasteiger partial charge in [0.05, 0.1) is 24.4 Å². The fraction of sp³-hybridized carbons (Fsp3) is 0.364. The van der Waals surface area contributed by atoms with E-state index in [1.165, 1.54) is 4.57 Å². The molecule has 1 fully saturated rings. The number of rotatable bonds is 5. The molecule has 7 nitrogen and oxygen atoms in total. The minimum Gasteiger partial charge on any atom is -0.495 e. The van der Waals surface area contributed by atoms with Gasteiger partial charge in [-0.1, -0.05) is 12.1 Å². The first-order valence-corrected chi connectivity index (χ1v) is 9.75. The summed E-state index contributed by atoms with van der Waals surface area (Å²) < 4.78 is 12.1. The number of para-hydroxylation sites is 2. The number of ether oxygens (including phenoxy) is 1. The Bertz CT molecular complexity index is 1090. The molecular formula is C22H25N3O4. The van der Waals surface area contributed by atoms with Crippen molar-refractivity contribution in [3.8, 4) is 5.75 Å². The molecule has 0 saturated carbocycles. The molecule has 7 heteroatoms. The lowest BCUT2D eigenvalue weighted by molar-refractivity contribution is 0.0829. The third-order valence-corrected chi connectivity index (χ3v) is 5.74. The SMILES string of the molecule is COc1ccccc1N1CCN(C(C)C(=O)c2ccc3c(c2)oc(=O)n3C)CC1. The van der Waals surface area contributed by atoms with E-state index in [4.69, 9.17) is 9.15 Å². The highest BCUT2D eigenvalue weighted by Crippen LogP contribution is 2.28. The number of nitrogens with zero attached hydrogens (tertiary/aromatic N) is 3. The summed E-state index contributed by atoms with van der Waals surface area (Å²) in [4.78, 5) is 29.2. The van der Waals surface area contributed by atoms with Crippen LogP contribution in [0, 0.1) is 0 Å². The molecule has 1 atom stereocenters. The maximum Gasteiger partial charge on any atom is 0.419 e. The first kappa shape index (κ1) is 19.3. The van der Waals surface area contributed by atoms with Gasteiger partial charge < -0.3 is 14.1 Å². The summed E-state index contributed by atoms with van der Waals surface area (Å²) in [5.41, 5.74) is 2.77. The zero-order chi connectivity index (χ0) is 20.5. The first-order valence-electron chi connectivity index (χ1n) is 9.75. The maximum absolute atomic E-state index is 13.0. The van der Waals surface area contributed by atoms with Crippen molar-refractivity contribution in [3.05, 3.63) is 58.6 Å². The highest BCUT2D eigenvalue weighted by molar-refractivity contribution is 6.01. The Balaban J connectivity index is 1.46. The quantitative estimate of drug-likeness (QED) is 0.619. The number of carbonyl (C=O) groups excluding carboxylic acids is 1. The molecule has 1 aliphatic rings. The van der Waals surface area contributed by atoms with Gasteiger partial charge in [-0.2, -0.15) is 0 Å². The molecule has 1 aromatic heterocycles. The van der Waals surface area contributed by atoms with E-state index in [1.807, 2.05) is 25.1 Å². The van der Waals surface area contributed by atoms with E-state index in [-0.39, 0.29) is 11.8 Å². The summed E-state index contributed by atoms with van der Waals surface area (Å²) in [7, 11) is 3.33. The zero-order valence-corrected chi connectivity index (χ0v) is 16.9. The van der Waals surface area contributed by atoms with Gasteiger partial charge in [0.25, 0.3) is 0 Å². The molecular weight excluding hydrogens is 370 g/mol. The first-order chi connectivity index (χ1) is 14.0. The highest BCUT2D eigenvalue weighted by Gasteiger charge is 2.27. The number of carbonyl (C=O) groups is 1. The maximum atomic E-state index is 13.0. The van der Waals surface area contributed by atoms with Crippen LogP contribution in [0.5, 0.6) is 5.75 Å². The molecule has 1 saturated heterocycles. The van der Waals surface area contributed by atoms with Gasteiger partial charge in [0.15, 0.2) is 11.4 Å². The van der Waals surface area contributed by atoms with Crippen LogP contribution in [0.25, 0.3) is 11.1 Å². The summed E-state index contributed by atoms with van der Waals surface area (Å²) >= 11 is 0. The van der Waals surface area contributed by atoms with Crippen LogP contribution in [-0.4, -0.2) is 54.6 Å². The Morgan fingerprint density at radius 3 is 2.55 bits per heavy atom. The predicted octanol–water partition coefficient (Wildman–Crippen LogP) is 2.53. The minimum atomic E-state index is -0.426. The smallest absolute Gasteiger partial charge is 0.419 e. The second kappa shape index (κ2) is 7.75. The molecule has 2 aromatic carbocycles. The molecule has 29 heavy (non-hydrogen) atoms. The number of methoxy groups -OCH3 is 1. The third-order valence-electron chi connectivity index (χ3n) is 5.74. The summed E-state index contributed by atoms with van der Waals surface area (Å²) in [5.74, 6) is 0.469. The summed E-state index contributed by atoms with van der Waals surface area (Å²) in [6.07, 6.45) is 0. The number of anilines is 1. The molecule has 0 N–H and O–H groups in total. The molecule has 2 heterocycles. The number of hydrogen-bond acceptors (Lipinski definition) is 6. The van der Waals surface area contributed by atoms with Crippen molar-refractivity contribution in [1.82, 2.24) is 9.47 Å². The average molecular weight is 395 g/mol. The zero-order valence-electron chi connectivity index (χ0n) is 16.9. The van der Waals surface area contributed by atoms with Gasteiger partial charge in [-0.15, -0.1) is 0 Å². The van der Waals surface area contributed by atoms with Crippen LogP contribution in [-0.2, 0) is 7.05 Å². The van der Waals surface area contributed by atoms with Crippen molar-refractivity contribution in [3.63, 3.8) is 0 Å². The molecule has 1 aliphatic heterocycles. The van der Waals surface area contributed by atoms with Crippen molar-refractivity contribution >= 4 is 22.6 Å². The number of hydrogen-bond donors (Lipinski definition) is 0. The highest BCUT2D eigenvalue weighted by atomic mass is 16.5. The standard InChI is InChI=1S/C22H25N3O4/c1-15(21(26)16-8-9-17-20(14-16)29-22(27)23(17)2)24-10-12-25(13-11-24)18-6-4-5-7-19(18)28-3/h4-9,14-15H,10-13H2,1-3H3. The van der Waals surface area contributed by atoms with Crippen LogP contribution in [0.3, 0.4) is 0 Å². The number of Topliss-reactive ketones (excluding diaryl/α,β-unsaturated/α-hetero) is 1. The van der Waals surface area contributed by atoms with Crippen LogP contribution in [0.15, 0.2) is 51.7 Å². The van der Waals surface area contributed by atoms with Gasteiger partial charge in [0.2, 0.25) is 0 Å². The Hall–Kier alpha value is -3.06. The number of fused-ring (bicyclic) bond motifs is 1. The van der Waals surface area contributed by atoms with Crippen molar-refractivity contribution in [2.75, 3.05) is 38.2 Å². The largest absolute Gasteiger partial charge is 0.495 e. The summed E-state index contributed by atoms with van der Waals surface area (Å²) in [5, 5.41) is 0. The van der Waals surface area contributed by atoms with E-state index < -0.39 is 5.76 Å². The fourth-order valence-electron chi connectivity index (χ4n) is 3.94. The molecule has 0 radical (unpaired) electrons. The van der Waals surface area contributed by atoms with Crippen molar-refractivity contribution in [2.24, 2.45) is 7.05 Å². The van der Waals surface area contributed by atoms with Crippen LogP contribution >= 0.6 is 0 Å². The Morgan fingerprint density at radius 1 is 1.10 bits per heavy atom. The van der Waals surface area contributed by atoms with Crippen LogP contribution in [0.2, 0.25) is 0 Å². The van der Waals surface area contributed by atoms with Crippen LogP contribution < -0.4 is 15.4 Å². The summed E-state index contributed by atoms with van der Waals surface area (Å²) in [6.45, 7) is 5.16. The van der Waals surface area contributed by atoms with Crippen LogP contribution in [0.4, 0.5) is 5.69 Å². The van der Waals surface area contributed by atoms with Gasteiger partial charge in [-0.05, 0) is 37.3 Å². The van der Waals surface area contributed by atoms with E-state index in [2.05, 4.69) is 15.9 Å². The molecule has 0 bridgehead atoms. The van der Waals surface area contributed by atoms with E-state index >= 15 is 0 Å². The van der Waals surface area contributed by atoms with Crippen LogP contribution in [0.1, 0.15) is 17.3 Å². The predicted molar refractivity (Wildman–Crippen MR) is 112 cm³/mol. The number of benzene rings is 2. The average Bonchev–Trinajstić information content (AvgIpc) is 3.05. The molecule has 4 rings (SSSR count). The molecule has 1 unspecified atom stereocenters. The molecule has 3 aromatic rings. The Kier molecular flexibility index (Phi) is 5.15. The summed E-state index contributed by atoms with van der Waals surface area (Å²) in [6, 6.07) is 12.9. The van der Waals surface area contributed by atoms with Gasteiger partial charge in [0, 0.05) is 38.8 Å². The van der Waals surface area contributed by atoms with Crippen molar-refractivity contribution < 1.29 is 13.9 Å². The van der Waals surface area contributed by atoms with E-state index in [0.29, 0.717) is 16.7 Å². The normalized spacial score (nSPS) is 16.2. The Morgan fingerprint density at radius 2 is 1.83 bits per heavy atom. The van der Waals surface area contributed by atoms with Crippen molar-refractivity contribution in [2.45, 2.75) is 13.0 Å². The third kappa shape index (κ3) is 3.53. The van der Waals surface area contributed by atoms with Crippen molar-refractivity contribution in [1.29, 1.82) is 0 Å². The van der Waals surface area contributed by atoms with Gasteiger partial charge in [-0.25, -0.2) is 4.79 Å². The minimum absolute atomic E-state index is 0.0316. The number of oxazole rings is 1. The van der Waals surface area contributed by atoms with Gasteiger partial charge >= 0.3 is 5.76 Å². The second-order valence-electron chi connectivity index (χ2n) is 7.34. The number of ketones is 1. The lowest BCUT2D eigenvalue weighted by Crippen LogP contribution is -2.51. The van der Waals surface area contributed by atoms with E-state index in [1.54, 1.807) is 32.4 Å². The molecule has 0 aliphatic carbocycles. The number of aryl methyl sites for hydroxylation is 1. The second-order valence-corrected chi connectivity index (χ2v) is 7.34. The van der Waals surface area contributed by atoms with Gasteiger partial charge in [-0.3, -0.25) is 14.3 Å². The van der Waals surface area contributed by atoms with E-state index in [9.17, 15) is 9.59 Å². The lowest BCUT2D eigenvalue weighted by Gasteiger charge is -2.39. The number of aromatic nitrogens is 1. The fourth-order valence-corrected chi connectivity index (χ4v) is 3.94.